The third-order valence-corrected chi connectivity index (χ3v) is 5.23. The molecule has 0 fully saturated rings. The summed E-state index contributed by atoms with van der Waals surface area (Å²) < 4.78 is 99.3. The van der Waals surface area contributed by atoms with E-state index in [0.29, 0.717) is 18.2 Å². The zero-order valence-corrected chi connectivity index (χ0v) is 15.7. The minimum Gasteiger partial charge on any atom is -0.744 e. The van der Waals surface area contributed by atoms with Crippen LogP contribution in [0.25, 0.3) is 10.8 Å². The van der Waals surface area contributed by atoms with Gasteiger partial charge in [-0.25, -0.2) is 25.3 Å². The number of hydrogen-bond acceptors (Lipinski definition) is 9. The summed E-state index contributed by atoms with van der Waals surface area (Å²) >= 11 is 0. The average molecular weight is 386 g/mol. The maximum absolute atomic E-state index is 11.2. The van der Waals surface area contributed by atoms with E-state index in [2.05, 4.69) is 0 Å². The van der Waals surface area contributed by atoms with Crippen LogP contribution in [0.3, 0.4) is 0 Å². The molecule has 0 atom stereocenters. The van der Waals surface area contributed by atoms with Crippen molar-refractivity contribution in [2.24, 2.45) is 0 Å². The van der Waals surface area contributed by atoms with E-state index < -0.39 is 45.0 Å². The van der Waals surface area contributed by atoms with Gasteiger partial charge in [-0.3, -0.25) is 0 Å². The van der Waals surface area contributed by atoms with E-state index in [1.807, 2.05) is 0 Å². The molecule has 0 aliphatic heterocycles. The summed E-state index contributed by atoms with van der Waals surface area (Å²) in [5, 5.41) is -0.668. The molecule has 2 aromatic carbocycles. The Morgan fingerprint density at radius 3 is 1.44 bits per heavy atom. The summed E-state index contributed by atoms with van der Waals surface area (Å²) in [6, 6.07) is 3.39. The molecule has 0 saturated carbocycles. The molecule has 15 heteroatoms. The van der Waals surface area contributed by atoms with Gasteiger partial charge < -0.3 is 13.7 Å². The van der Waals surface area contributed by atoms with Crippen LogP contribution in [0.15, 0.2) is 45.0 Å². The van der Waals surface area contributed by atoms with Crippen LogP contribution in [-0.2, 0) is 30.4 Å². The molecule has 0 aromatic heterocycles. The van der Waals surface area contributed by atoms with Crippen LogP contribution >= 0.6 is 0 Å². The van der Waals surface area contributed by atoms with E-state index in [1.54, 1.807) is 0 Å². The molecule has 0 aliphatic rings. The Hall–Kier alpha value is 0.222. The summed E-state index contributed by atoms with van der Waals surface area (Å²) in [5.74, 6) is 0. The van der Waals surface area contributed by atoms with Crippen LogP contribution in [-0.4, -0.2) is 38.9 Å². The summed E-state index contributed by atoms with van der Waals surface area (Å²) in [5.41, 5.74) is 0. The van der Waals surface area contributed by atoms with Crippen molar-refractivity contribution in [3.8, 4) is 0 Å². The predicted molar refractivity (Wildman–Crippen MR) is 67.8 cm³/mol. The Morgan fingerprint density at radius 2 is 1.04 bits per heavy atom. The molecule has 25 heavy (non-hydrogen) atoms. The second kappa shape index (κ2) is 8.94. The van der Waals surface area contributed by atoms with E-state index in [4.69, 9.17) is 0 Å². The Balaban J connectivity index is 0. The molecule has 0 radical (unpaired) electrons. The van der Waals surface area contributed by atoms with Gasteiger partial charge in [0.25, 0.3) is 0 Å². The van der Waals surface area contributed by atoms with Crippen molar-refractivity contribution in [3.63, 3.8) is 0 Å². The monoisotopic (exact) mass is 386 g/mol. The minimum absolute atomic E-state index is 0. The number of hydrogen-bond donors (Lipinski definition) is 0. The largest absolute Gasteiger partial charge is 1.00 e. The van der Waals surface area contributed by atoms with Crippen molar-refractivity contribution in [3.05, 3.63) is 30.3 Å². The topological polar surface area (TPSA) is 172 Å². The van der Waals surface area contributed by atoms with Crippen molar-refractivity contribution in [2.75, 3.05) is 0 Å². The van der Waals surface area contributed by atoms with Crippen LogP contribution in [0.2, 0.25) is 0 Å². The summed E-state index contributed by atoms with van der Waals surface area (Å²) in [7, 11) is -15.1. The standard InChI is InChI=1S/C10H8O9S3.3Li/c11-20(12,13)7-1-2-9-6(3-7)4-8(21(14,15)16)5-10(9)22(17,18)19;;;/h1-5H,(H,11,12,13)(H,14,15,16)(H,17,18,19);;;/q;3*+1/p-3. The van der Waals surface area contributed by atoms with Gasteiger partial charge in [0.1, 0.15) is 30.4 Å². The number of benzene rings is 2. The van der Waals surface area contributed by atoms with E-state index >= 15 is 0 Å². The molecular weight excluding hydrogens is 381 g/mol. The molecule has 9 nitrogen and oxygen atoms in total. The second-order valence-corrected chi connectivity index (χ2v) is 8.27. The van der Waals surface area contributed by atoms with Crippen molar-refractivity contribution in [1.82, 2.24) is 0 Å². The first-order valence-corrected chi connectivity index (χ1v) is 9.48. The zero-order valence-electron chi connectivity index (χ0n) is 13.3. The van der Waals surface area contributed by atoms with Gasteiger partial charge >= 0.3 is 56.6 Å². The SMILES string of the molecule is O=S(=O)([O-])c1ccc2c(S(=O)(=O)[O-])cc(S(=O)(=O)[O-])cc2c1.[Li+].[Li+].[Li+]. The average Bonchev–Trinajstić information content (AvgIpc) is 2.33. The fourth-order valence-electron chi connectivity index (χ4n) is 1.79. The van der Waals surface area contributed by atoms with E-state index in [1.165, 1.54) is 0 Å². The van der Waals surface area contributed by atoms with Gasteiger partial charge in [-0.05, 0) is 35.0 Å². The third-order valence-electron chi connectivity index (χ3n) is 2.71. The summed E-state index contributed by atoms with van der Waals surface area (Å²) in [6.07, 6.45) is 0. The first-order chi connectivity index (χ1) is 9.80. The van der Waals surface area contributed by atoms with Gasteiger partial charge in [0.2, 0.25) is 0 Å². The molecule has 0 heterocycles. The normalized spacial score (nSPS) is 11.8. The fraction of sp³-hybridized carbons (Fsp3) is 0. The van der Waals surface area contributed by atoms with Crippen LogP contribution in [0.4, 0.5) is 0 Å². The van der Waals surface area contributed by atoms with Gasteiger partial charge in [-0.1, -0.05) is 6.07 Å². The van der Waals surface area contributed by atoms with Crippen molar-refractivity contribution in [1.29, 1.82) is 0 Å². The molecule has 0 unspecified atom stereocenters. The molecule has 2 aromatic rings. The van der Waals surface area contributed by atoms with Gasteiger partial charge in [0.15, 0.2) is 0 Å². The molecule has 0 bridgehead atoms. The Labute approximate surface area is 180 Å². The number of fused-ring (bicyclic) bond motifs is 1. The van der Waals surface area contributed by atoms with Gasteiger partial charge in [0.05, 0.1) is 14.7 Å². The minimum atomic E-state index is -5.14. The zero-order chi connectivity index (χ0) is 16.9. The Kier molecular flexibility index (Phi) is 9.81. The summed E-state index contributed by atoms with van der Waals surface area (Å²) in [6.45, 7) is 0. The quantitative estimate of drug-likeness (QED) is 0.367. The van der Waals surface area contributed by atoms with Crippen molar-refractivity contribution in [2.45, 2.75) is 14.7 Å². The van der Waals surface area contributed by atoms with Gasteiger partial charge in [-0.2, -0.15) is 0 Å². The third kappa shape index (κ3) is 6.40. The van der Waals surface area contributed by atoms with Gasteiger partial charge in [-0.15, -0.1) is 0 Å². The molecule has 120 valence electrons. The maximum Gasteiger partial charge on any atom is 1.00 e. The molecule has 2 rings (SSSR count). The van der Waals surface area contributed by atoms with Crippen molar-refractivity contribution >= 4 is 41.1 Å². The van der Waals surface area contributed by atoms with E-state index in [0.717, 1.165) is 12.1 Å². The Morgan fingerprint density at radius 1 is 0.600 bits per heavy atom. The second-order valence-electron chi connectivity index (χ2n) is 4.17. The molecule has 0 saturated heterocycles. The van der Waals surface area contributed by atoms with E-state index in [-0.39, 0.29) is 67.4 Å². The molecule has 0 amide bonds. The summed E-state index contributed by atoms with van der Waals surface area (Å²) in [4.78, 5) is -2.81. The fourth-order valence-corrected chi connectivity index (χ4v) is 3.63. The van der Waals surface area contributed by atoms with Crippen molar-refractivity contribution < 1.29 is 95.5 Å². The first-order valence-electron chi connectivity index (χ1n) is 5.26. The molecular formula is C10H5Li3O9S3. The Bertz CT molecular complexity index is 1090. The predicted octanol–water partition coefficient (Wildman–Crippen LogP) is -9.44. The molecule has 0 spiro atoms. The van der Waals surface area contributed by atoms with E-state index in [9.17, 15) is 38.9 Å². The van der Waals surface area contributed by atoms with Crippen LogP contribution < -0.4 is 56.6 Å². The smallest absolute Gasteiger partial charge is 0.744 e. The first kappa shape index (κ1) is 27.4. The molecule has 0 aliphatic carbocycles. The number of rotatable bonds is 3. The van der Waals surface area contributed by atoms with Crippen LogP contribution in [0.1, 0.15) is 0 Å². The van der Waals surface area contributed by atoms with Crippen LogP contribution in [0, 0.1) is 0 Å². The maximum atomic E-state index is 11.2. The van der Waals surface area contributed by atoms with Crippen LogP contribution in [0.5, 0.6) is 0 Å². The molecule has 0 N–H and O–H groups in total. The van der Waals surface area contributed by atoms with Gasteiger partial charge in [0, 0.05) is 0 Å².